The Hall–Kier alpha value is -0.930. The molecule has 86 valence electrons. The Morgan fingerprint density at radius 1 is 1.40 bits per heavy atom. The molecule has 0 aromatic rings. The molecule has 1 rings (SSSR count). The van der Waals surface area contributed by atoms with E-state index in [1.807, 2.05) is 0 Å². The van der Waals surface area contributed by atoms with Gasteiger partial charge in [-0.25, -0.2) is 0 Å². The molecule has 0 aliphatic heterocycles. The highest BCUT2D eigenvalue weighted by Crippen LogP contribution is 2.33. The second kappa shape index (κ2) is 5.83. The molecule has 2 atom stereocenters. The largest absolute Gasteiger partial charge is 0.303 e. The van der Waals surface area contributed by atoms with Gasteiger partial charge in [0, 0.05) is 16.8 Å². The van der Waals surface area contributed by atoms with Crippen molar-refractivity contribution in [3.8, 4) is 0 Å². The Morgan fingerprint density at radius 2 is 2.00 bits per heavy atom. The maximum atomic E-state index is 10.7. The molecule has 0 N–H and O–H groups in total. The van der Waals surface area contributed by atoms with Crippen LogP contribution in [0.25, 0.3) is 0 Å². The number of hydrogen-bond donors (Lipinski definition) is 0. The highest BCUT2D eigenvalue weighted by Gasteiger charge is 2.31. The number of nitro groups is 1. The first-order valence-electron chi connectivity index (χ1n) is 5.72. The van der Waals surface area contributed by atoms with E-state index >= 15 is 0 Å². The smallest absolute Gasteiger partial charge is 0.207 e. The molecule has 0 heterocycles. The number of nitrogens with zero attached hydrogens (tertiary/aromatic N) is 1. The van der Waals surface area contributed by atoms with Gasteiger partial charge in [-0.1, -0.05) is 26.2 Å². The van der Waals surface area contributed by atoms with Crippen LogP contribution in [0.1, 0.15) is 39.0 Å². The maximum Gasteiger partial charge on any atom is 0.207 e. The summed E-state index contributed by atoms with van der Waals surface area (Å²) < 4.78 is 0. The van der Waals surface area contributed by atoms with Crippen LogP contribution in [-0.4, -0.2) is 17.8 Å². The summed E-state index contributed by atoms with van der Waals surface area (Å²) in [6.07, 6.45) is 6.52. The Kier molecular flexibility index (Phi) is 4.72. The number of aldehydes is 1. The van der Waals surface area contributed by atoms with Crippen LogP contribution in [0.4, 0.5) is 0 Å². The predicted molar refractivity (Wildman–Crippen MR) is 57.2 cm³/mol. The highest BCUT2D eigenvalue weighted by molar-refractivity contribution is 5.53. The van der Waals surface area contributed by atoms with Gasteiger partial charge in [0.15, 0.2) is 0 Å². The van der Waals surface area contributed by atoms with Gasteiger partial charge in [-0.3, -0.25) is 10.1 Å². The molecule has 0 saturated heterocycles. The molecule has 0 spiro atoms. The third-order valence-electron chi connectivity index (χ3n) is 3.51. The standard InChI is InChI=1S/C11H19NO3/c1-9(8-13)11(7-12(14)15)10-5-3-2-4-6-10/h8-11H,2-7H2,1H3/t9?,11-/m0/s1. The lowest BCUT2D eigenvalue weighted by Gasteiger charge is -2.29. The van der Waals surface area contributed by atoms with Gasteiger partial charge in [0.1, 0.15) is 6.29 Å². The Labute approximate surface area is 90.2 Å². The Balaban J connectivity index is 2.60. The van der Waals surface area contributed by atoms with Crippen molar-refractivity contribution in [3.63, 3.8) is 0 Å². The number of carbonyl (C=O) groups excluding carboxylic acids is 1. The average molecular weight is 213 g/mol. The van der Waals surface area contributed by atoms with E-state index in [4.69, 9.17) is 0 Å². The number of hydrogen-bond acceptors (Lipinski definition) is 3. The highest BCUT2D eigenvalue weighted by atomic mass is 16.6. The van der Waals surface area contributed by atoms with Crippen LogP contribution in [-0.2, 0) is 4.79 Å². The fourth-order valence-electron chi connectivity index (χ4n) is 2.58. The molecular weight excluding hydrogens is 194 g/mol. The normalized spacial score (nSPS) is 21.9. The van der Waals surface area contributed by atoms with E-state index in [0.29, 0.717) is 5.92 Å². The summed E-state index contributed by atoms with van der Waals surface area (Å²) in [5, 5.41) is 10.6. The molecule has 0 amide bonds. The van der Waals surface area contributed by atoms with E-state index in [0.717, 1.165) is 32.0 Å². The zero-order valence-corrected chi connectivity index (χ0v) is 9.22. The van der Waals surface area contributed by atoms with Crippen molar-refractivity contribution in [1.82, 2.24) is 0 Å². The SMILES string of the molecule is CC(C=O)[C@H](C[N+](=O)[O-])C1CCCCC1. The number of rotatable bonds is 5. The molecule has 0 aromatic heterocycles. The summed E-state index contributed by atoms with van der Waals surface area (Å²) in [5.41, 5.74) is 0. The zero-order valence-electron chi connectivity index (χ0n) is 9.22. The van der Waals surface area contributed by atoms with Gasteiger partial charge in [-0.15, -0.1) is 0 Å². The first-order valence-corrected chi connectivity index (χ1v) is 5.72. The van der Waals surface area contributed by atoms with Crippen molar-refractivity contribution < 1.29 is 9.72 Å². The molecule has 0 bridgehead atoms. The van der Waals surface area contributed by atoms with Crippen molar-refractivity contribution >= 4 is 6.29 Å². The molecule has 0 aromatic carbocycles. The second-order valence-electron chi connectivity index (χ2n) is 4.57. The zero-order chi connectivity index (χ0) is 11.3. The van der Waals surface area contributed by atoms with Gasteiger partial charge in [0.2, 0.25) is 6.54 Å². The summed E-state index contributed by atoms with van der Waals surface area (Å²) in [6.45, 7) is 1.75. The van der Waals surface area contributed by atoms with Crippen molar-refractivity contribution in [2.24, 2.45) is 17.8 Å². The third-order valence-corrected chi connectivity index (χ3v) is 3.51. The number of carbonyl (C=O) groups is 1. The molecule has 1 saturated carbocycles. The van der Waals surface area contributed by atoms with Crippen LogP contribution in [0.15, 0.2) is 0 Å². The summed E-state index contributed by atoms with van der Waals surface area (Å²) in [4.78, 5) is 21.0. The lowest BCUT2D eigenvalue weighted by atomic mass is 9.75. The van der Waals surface area contributed by atoms with Crippen LogP contribution < -0.4 is 0 Å². The van der Waals surface area contributed by atoms with Crippen LogP contribution in [0.2, 0.25) is 0 Å². The predicted octanol–water partition coefficient (Wildman–Crippen LogP) is 2.29. The lowest BCUT2D eigenvalue weighted by molar-refractivity contribution is -0.491. The van der Waals surface area contributed by atoms with Gasteiger partial charge >= 0.3 is 0 Å². The molecule has 4 heteroatoms. The van der Waals surface area contributed by atoms with E-state index in [-0.39, 0.29) is 23.3 Å². The molecule has 1 fully saturated rings. The second-order valence-corrected chi connectivity index (χ2v) is 4.57. The molecule has 1 aliphatic carbocycles. The minimum atomic E-state index is -0.278. The minimum Gasteiger partial charge on any atom is -0.303 e. The van der Waals surface area contributed by atoms with Gasteiger partial charge in [0.25, 0.3) is 0 Å². The maximum absolute atomic E-state index is 10.7. The van der Waals surface area contributed by atoms with Crippen LogP contribution in [0.3, 0.4) is 0 Å². The van der Waals surface area contributed by atoms with E-state index in [9.17, 15) is 14.9 Å². The summed E-state index contributed by atoms with van der Waals surface area (Å²) in [5.74, 6) is 0.139. The van der Waals surface area contributed by atoms with E-state index < -0.39 is 0 Å². The van der Waals surface area contributed by atoms with Gasteiger partial charge in [-0.2, -0.15) is 0 Å². The lowest BCUT2D eigenvalue weighted by Crippen LogP contribution is -2.31. The molecule has 15 heavy (non-hydrogen) atoms. The first kappa shape index (κ1) is 12.1. The summed E-state index contributed by atoms with van der Waals surface area (Å²) in [7, 11) is 0. The Morgan fingerprint density at radius 3 is 2.47 bits per heavy atom. The average Bonchev–Trinajstić information content (AvgIpc) is 2.26. The fourth-order valence-corrected chi connectivity index (χ4v) is 2.58. The van der Waals surface area contributed by atoms with E-state index in [2.05, 4.69) is 0 Å². The summed E-state index contributed by atoms with van der Waals surface area (Å²) in [6, 6.07) is 0. The van der Waals surface area contributed by atoms with Crippen molar-refractivity contribution in [2.45, 2.75) is 39.0 Å². The van der Waals surface area contributed by atoms with Crippen molar-refractivity contribution in [3.05, 3.63) is 10.1 Å². The van der Waals surface area contributed by atoms with Gasteiger partial charge < -0.3 is 4.79 Å². The van der Waals surface area contributed by atoms with E-state index in [1.165, 1.54) is 6.42 Å². The summed E-state index contributed by atoms with van der Waals surface area (Å²) >= 11 is 0. The molecular formula is C11H19NO3. The minimum absolute atomic E-state index is 0.0510. The first-order chi connectivity index (χ1) is 7.15. The Bertz CT molecular complexity index is 224. The van der Waals surface area contributed by atoms with Gasteiger partial charge in [0.05, 0.1) is 0 Å². The van der Waals surface area contributed by atoms with Crippen LogP contribution >= 0.6 is 0 Å². The quantitative estimate of drug-likeness (QED) is 0.400. The van der Waals surface area contributed by atoms with Gasteiger partial charge in [-0.05, 0) is 18.8 Å². The van der Waals surface area contributed by atoms with Crippen molar-refractivity contribution in [2.75, 3.05) is 6.54 Å². The molecule has 0 radical (unpaired) electrons. The van der Waals surface area contributed by atoms with Crippen molar-refractivity contribution in [1.29, 1.82) is 0 Å². The van der Waals surface area contributed by atoms with Crippen LogP contribution in [0, 0.1) is 27.9 Å². The van der Waals surface area contributed by atoms with E-state index in [1.54, 1.807) is 6.92 Å². The monoisotopic (exact) mass is 213 g/mol. The third kappa shape index (κ3) is 3.61. The molecule has 4 nitrogen and oxygen atoms in total. The molecule has 1 aliphatic rings. The fraction of sp³-hybridized carbons (Fsp3) is 0.909. The molecule has 1 unspecified atom stereocenters. The van der Waals surface area contributed by atoms with Crippen LogP contribution in [0.5, 0.6) is 0 Å². The topological polar surface area (TPSA) is 60.2 Å².